The maximum Gasteiger partial charge on any atom is 0.141 e. The molecule has 0 aliphatic carbocycles. The lowest BCUT2D eigenvalue weighted by atomic mass is 10.1. The fourth-order valence-corrected chi connectivity index (χ4v) is 5.28. The van der Waals surface area contributed by atoms with Gasteiger partial charge in [0.2, 0.25) is 0 Å². The van der Waals surface area contributed by atoms with Crippen LogP contribution in [0.3, 0.4) is 0 Å². The molecule has 0 spiro atoms. The molecule has 2 N–H and O–H groups in total. The van der Waals surface area contributed by atoms with Crippen molar-refractivity contribution in [3.8, 4) is 11.3 Å². The molecule has 3 heterocycles. The van der Waals surface area contributed by atoms with Gasteiger partial charge in [-0.3, -0.25) is 0 Å². The first kappa shape index (κ1) is 20.0. The number of amidine groups is 1. The van der Waals surface area contributed by atoms with Crippen molar-refractivity contribution in [2.75, 3.05) is 13.6 Å². The largest absolute Gasteiger partial charge is 0.383 e. The van der Waals surface area contributed by atoms with E-state index in [0.717, 1.165) is 17.1 Å². The Kier molecular flexibility index (Phi) is 5.62. The summed E-state index contributed by atoms with van der Waals surface area (Å²) in [5.41, 5.74) is 10.9. The fourth-order valence-electron chi connectivity index (χ4n) is 4.66. The molecule has 1 fully saturated rings. The van der Waals surface area contributed by atoms with E-state index in [1.807, 2.05) is 17.5 Å². The molecule has 0 amide bonds. The summed E-state index contributed by atoms with van der Waals surface area (Å²) in [4.78, 5) is 8.18. The number of nitrogens with two attached hydrogens (primary N) is 1. The highest BCUT2D eigenvalue weighted by Crippen LogP contribution is 2.32. The van der Waals surface area contributed by atoms with E-state index >= 15 is 0 Å². The van der Waals surface area contributed by atoms with Crippen LogP contribution in [0.2, 0.25) is 0 Å². The fraction of sp³-hybridized carbons (Fsp3) is 0.269. The van der Waals surface area contributed by atoms with E-state index in [-0.39, 0.29) is 0 Å². The van der Waals surface area contributed by atoms with Gasteiger partial charge in [0.25, 0.3) is 0 Å². The molecule has 1 aliphatic heterocycles. The minimum atomic E-state index is 0.571. The van der Waals surface area contributed by atoms with E-state index in [9.17, 15) is 0 Å². The van der Waals surface area contributed by atoms with E-state index in [1.165, 1.54) is 48.0 Å². The minimum Gasteiger partial charge on any atom is -0.383 e. The number of thiophene rings is 1. The van der Waals surface area contributed by atoms with Crippen molar-refractivity contribution in [2.24, 2.45) is 10.7 Å². The Labute approximate surface area is 187 Å². The van der Waals surface area contributed by atoms with Crippen LogP contribution in [-0.2, 0) is 6.54 Å². The predicted octanol–water partition coefficient (Wildman–Crippen LogP) is 5.89. The van der Waals surface area contributed by atoms with Crippen LogP contribution in [0.5, 0.6) is 0 Å². The number of aliphatic imine (C=N–C) groups is 1. The van der Waals surface area contributed by atoms with E-state index in [1.54, 1.807) is 11.3 Å². The molecule has 1 saturated heterocycles. The van der Waals surface area contributed by atoms with Crippen LogP contribution >= 0.6 is 11.3 Å². The second-order valence-electron chi connectivity index (χ2n) is 8.33. The average molecular weight is 429 g/mol. The van der Waals surface area contributed by atoms with Gasteiger partial charge in [-0.1, -0.05) is 36.4 Å². The number of hydrogen-bond donors (Lipinski definition) is 1. The molecular formula is C26H28N4S. The van der Waals surface area contributed by atoms with Crippen LogP contribution in [0.1, 0.15) is 24.1 Å². The molecule has 31 heavy (non-hydrogen) atoms. The summed E-state index contributed by atoms with van der Waals surface area (Å²) >= 11 is 1.61. The van der Waals surface area contributed by atoms with Crippen molar-refractivity contribution < 1.29 is 0 Å². The van der Waals surface area contributed by atoms with Gasteiger partial charge in [-0.2, -0.15) is 0 Å². The number of likely N-dealkylation sites (tertiary alicyclic amines) is 1. The Bertz CT molecular complexity index is 1190. The van der Waals surface area contributed by atoms with E-state index < -0.39 is 0 Å². The zero-order valence-corrected chi connectivity index (χ0v) is 18.7. The molecule has 2 aromatic carbocycles. The molecule has 5 rings (SSSR count). The Morgan fingerprint density at radius 1 is 1.10 bits per heavy atom. The highest BCUT2D eigenvalue weighted by atomic mass is 32.1. The number of benzene rings is 2. The van der Waals surface area contributed by atoms with Crippen molar-refractivity contribution in [1.82, 2.24) is 9.47 Å². The zero-order chi connectivity index (χ0) is 21.2. The van der Waals surface area contributed by atoms with Gasteiger partial charge in [-0.25, -0.2) is 4.99 Å². The number of hydrogen-bond acceptors (Lipinski definition) is 3. The van der Waals surface area contributed by atoms with Gasteiger partial charge in [0, 0.05) is 29.2 Å². The minimum absolute atomic E-state index is 0.571. The van der Waals surface area contributed by atoms with E-state index in [2.05, 4.69) is 76.1 Å². The second-order valence-corrected chi connectivity index (χ2v) is 9.28. The van der Waals surface area contributed by atoms with Crippen molar-refractivity contribution in [2.45, 2.75) is 31.8 Å². The Balaban J connectivity index is 1.52. The van der Waals surface area contributed by atoms with Gasteiger partial charge in [-0.15, -0.1) is 11.3 Å². The van der Waals surface area contributed by atoms with Gasteiger partial charge in [0.05, 0.1) is 10.6 Å². The van der Waals surface area contributed by atoms with Crippen LogP contribution in [0, 0.1) is 0 Å². The molecule has 2 aromatic heterocycles. The van der Waals surface area contributed by atoms with Crippen molar-refractivity contribution in [3.05, 3.63) is 77.0 Å². The summed E-state index contributed by atoms with van der Waals surface area (Å²) in [5, 5.41) is 3.23. The van der Waals surface area contributed by atoms with Gasteiger partial charge in [-0.05, 0) is 74.1 Å². The first-order chi connectivity index (χ1) is 15.2. The summed E-state index contributed by atoms with van der Waals surface area (Å²) in [6.45, 7) is 2.23. The number of rotatable bonds is 6. The van der Waals surface area contributed by atoms with E-state index in [0.29, 0.717) is 11.9 Å². The molecule has 4 nitrogen and oxygen atoms in total. The number of aromatic nitrogens is 1. The van der Waals surface area contributed by atoms with Gasteiger partial charge in [0.15, 0.2) is 0 Å². The topological polar surface area (TPSA) is 46.5 Å². The summed E-state index contributed by atoms with van der Waals surface area (Å²) in [6.07, 6.45) is 3.79. The Hall–Kier alpha value is -2.89. The SMILES string of the molecule is CN1CCCC1CCn1c(-c2ccccc2)cc2cc(N=C(N)c3cccs3)ccc21. The standard InChI is InChI=1S/C26H28N4S/c1-29-14-5-9-22(29)13-15-30-23-12-11-21(28-26(27)25-10-6-16-31-25)17-20(23)18-24(30)19-7-3-2-4-8-19/h2-4,6-8,10-12,16-18,22H,5,9,13-15H2,1H3,(H2,27,28). The third-order valence-electron chi connectivity index (χ3n) is 6.34. The predicted molar refractivity (Wildman–Crippen MR) is 132 cm³/mol. The normalized spacial score (nSPS) is 17.6. The van der Waals surface area contributed by atoms with Crippen LogP contribution in [0.25, 0.3) is 22.2 Å². The number of fused-ring (bicyclic) bond motifs is 1. The Morgan fingerprint density at radius 3 is 2.71 bits per heavy atom. The van der Waals surface area contributed by atoms with Crippen LogP contribution in [0.4, 0.5) is 5.69 Å². The molecule has 0 bridgehead atoms. The van der Waals surface area contributed by atoms with Crippen LogP contribution in [-0.4, -0.2) is 34.9 Å². The zero-order valence-electron chi connectivity index (χ0n) is 17.9. The lowest BCUT2D eigenvalue weighted by molar-refractivity contribution is 0.287. The summed E-state index contributed by atoms with van der Waals surface area (Å²) < 4.78 is 2.48. The molecule has 5 heteroatoms. The average Bonchev–Trinajstić information content (AvgIpc) is 3.53. The molecule has 4 aromatic rings. The van der Waals surface area contributed by atoms with Gasteiger partial charge in [0.1, 0.15) is 5.84 Å². The maximum absolute atomic E-state index is 6.22. The molecule has 1 unspecified atom stereocenters. The smallest absolute Gasteiger partial charge is 0.141 e. The number of aryl methyl sites for hydroxylation is 1. The molecular weight excluding hydrogens is 400 g/mol. The van der Waals surface area contributed by atoms with Crippen molar-refractivity contribution in [1.29, 1.82) is 0 Å². The Morgan fingerprint density at radius 2 is 1.97 bits per heavy atom. The first-order valence-corrected chi connectivity index (χ1v) is 11.8. The highest BCUT2D eigenvalue weighted by Gasteiger charge is 2.21. The third-order valence-corrected chi connectivity index (χ3v) is 7.23. The van der Waals surface area contributed by atoms with Crippen molar-refractivity contribution in [3.63, 3.8) is 0 Å². The molecule has 0 saturated carbocycles. The third kappa shape index (κ3) is 4.16. The quantitative estimate of drug-likeness (QED) is 0.307. The monoisotopic (exact) mass is 428 g/mol. The summed E-state index contributed by atoms with van der Waals surface area (Å²) in [7, 11) is 2.26. The lowest BCUT2D eigenvalue weighted by Gasteiger charge is -2.20. The molecule has 1 aliphatic rings. The van der Waals surface area contributed by atoms with Crippen LogP contribution < -0.4 is 5.73 Å². The summed E-state index contributed by atoms with van der Waals surface area (Å²) in [6, 6.07) is 24.1. The van der Waals surface area contributed by atoms with Gasteiger partial charge < -0.3 is 15.2 Å². The summed E-state index contributed by atoms with van der Waals surface area (Å²) in [5.74, 6) is 0.571. The van der Waals surface area contributed by atoms with Gasteiger partial charge >= 0.3 is 0 Å². The number of nitrogens with zero attached hydrogens (tertiary/aromatic N) is 3. The maximum atomic E-state index is 6.22. The molecule has 0 radical (unpaired) electrons. The lowest BCUT2D eigenvalue weighted by Crippen LogP contribution is -2.26. The first-order valence-electron chi connectivity index (χ1n) is 11.0. The molecule has 158 valence electrons. The molecule has 1 atom stereocenters. The van der Waals surface area contributed by atoms with Crippen LogP contribution in [0.15, 0.2) is 77.1 Å². The van der Waals surface area contributed by atoms with E-state index in [4.69, 9.17) is 5.73 Å². The highest BCUT2D eigenvalue weighted by molar-refractivity contribution is 7.12. The van der Waals surface area contributed by atoms with Crippen molar-refractivity contribution >= 4 is 33.8 Å². The second kappa shape index (κ2) is 8.69.